The molecule has 62 heavy (non-hydrogen) atoms. The molecule has 0 radical (unpaired) electrons. The van der Waals surface area contributed by atoms with Crippen molar-refractivity contribution in [3.63, 3.8) is 0 Å². The SMILES string of the molecule is C1=C(c2ccccc2-c2ccccc2)CCC2=C1c1c(-c3cc(-c4ccccc4)cc(-c4ccccc4)n3)cccc1C21c2ccccc2N(c2ccccc2)c2ccccc21. The molecule has 0 saturated heterocycles. The van der Waals surface area contributed by atoms with Gasteiger partial charge in [-0.15, -0.1) is 0 Å². The lowest BCUT2D eigenvalue weighted by Gasteiger charge is -2.46. The molecule has 0 bridgehead atoms. The lowest BCUT2D eigenvalue weighted by Crippen LogP contribution is -2.37. The Bertz CT molecular complexity index is 3110. The van der Waals surface area contributed by atoms with E-state index in [1.165, 1.54) is 72.6 Å². The Hall–Kier alpha value is -7.81. The summed E-state index contributed by atoms with van der Waals surface area (Å²) in [7, 11) is 0. The molecule has 1 aliphatic heterocycles. The van der Waals surface area contributed by atoms with Crippen LogP contribution in [0.15, 0.2) is 236 Å². The van der Waals surface area contributed by atoms with E-state index >= 15 is 0 Å². The van der Waals surface area contributed by atoms with Crippen molar-refractivity contribution in [2.45, 2.75) is 18.3 Å². The Morgan fingerprint density at radius 2 is 0.903 bits per heavy atom. The standard InChI is InChI=1S/C60H42N2/c1-5-20-41(21-6-1)45-39-55(43-24-9-3-10-25-43)61-56(40-45)49-30-19-33-54-59(49)50-38-44(48-29-14-13-28-47(48)42-22-7-2-8-23-42)36-37-51(50)60(54)52-31-15-17-34-57(52)62(46-26-11-4-12-27-46)58-35-18-16-32-53(58)60/h1-35,38-40H,36-37H2. The Labute approximate surface area is 363 Å². The smallest absolute Gasteiger partial charge is 0.0722 e. The van der Waals surface area contributed by atoms with E-state index in [2.05, 4.69) is 235 Å². The maximum atomic E-state index is 5.57. The summed E-state index contributed by atoms with van der Waals surface area (Å²) >= 11 is 0. The molecule has 0 unspecified atom stereocenters. The first-order chi connectivity index (χ1) is 30.8. The molecule has 1 aromatic heterocycles. The fraction of sp³-hybridized carbons (Fsp3) is 0.0500. The van der Waals surface area contributed by atoms with Crippen LogP contribution in [0.2, 0.25) is 0 Å². The molecule has 2 heteroatoms. The van der Waals surface area contributed by atoms with Crippen LogP contribution in [0.1, 0.15) is 40.7 Å². The van der Waals surface area contributed by atoms with Gasteiger partial charge < -0.3 is 4.90 Å². The summed E-state index contributed by atoms with van der Waals surface area (Å²) in [5, 5.41) is 0. The molecule has 3 aliphatic rings. The summed E-state index contributed by atoms with van der Waals surface area (Å²) in [6.07, 6.45) is 4.39. The number of pyridine rings is 1. The third kappa shape index (κ3) is 5.61. The van der Waals surface area contributed by atoms with Crippen LogP contribution < -0.4 is 4.90 Å². The number of rotatable bonds is 6. The normalized spacial score (nSPS) is 14.5. The highest BCUT2D eigenvalue weighted by Gasteiger charge is 2.53. The van der Waals surface area contributed by atoms with Crippen LogP contribution in [-0.2, 0) is 5.41 Å². The quantitative estimate of drug-likeness (QED) is 0.167. The van der Waals surface area contributed by atoms with Gasteiger partial charge in [0, 0.05) is 16.8 Å². The number of hydrogen-bond acceptors (Lipinski definition) is 2. The van der Waals surface area contributed by atoms with E-state index in [0.29, 0.717) is 0 Å². The second-order valence-corrected chi connectivity index (χ2v) is 16.5. The summed E-state index contributed by atoms with van der Waals surface area (Å²) < 4.78 is 0. The fourth-order valence-electron chi connectivity index (χ4n) is 10.7. The van der Waals surface area contributed by atoms with E-state index < -0.39 is 5.41 Å². The third-order valence-electron chi connectivity index (χ3n) is 13.2. The van der Waals surface area contributed by atoms with Crippen molar-refractivity contribution < 1.29 is 0 Å². The molecule has 0 amide bonds. The monoisotopic (exact) mass is 790 g/mol. The van der Waals surface area contributed by atoms with E-state index in [-0.39, 0.29) is 0 Å². The van der Waals surface area contributed by atoms with Crippen molar-refractivity contribution in [1.29, 1.82) is 0 Å². The van der Waals surface area contributed by atoms with Gasteiger partial charge in [0.2, 0.25) is 0 Å². The first-order valence-corrected chi connectivity index (χ1v) is 21.7. The van der Waals surface area contributed by atoms with Crippen LogP contribution in [0.5, 0.6) is 0 Å². The van der Waals surface area contributed by atoms with Crippen LogP contribution in [0.4, 0.5) is 17.1 Å². The van der Waals surface area contributed by atoms with Gasteiger partial charge in [0.1, 0.15) is 0 Å². The summed E-state index contributed by atoms with van der Waals surface area (Å²) in [4.78, 5) is 8.04. The van der Waals surface area contributed by atoms with E-state index in [1.807, 2.05) is 0 Å². The molecule has 0 fully saturated rings. The molecule has 0 saturated carbocycles. The highest BCUT2D eigenvalue weighted by Crippen LogP contribution is 2.65. The number of aromatic nitrogens is 1. The van der Waals surface area contributed by atoms with Gasteiger partial charge in [-0.05, 0) is 116 Å². The number of fused-ring (bicyclic) bond motifs is 8. The van der Waals surface area contributed by atoms with Crippen LogP contribution in [-0.4, -0.2) is 4.98 Å². The molecule has 2 nitrogen and oxygen atoms in total. The molecular formula is C60H42N2. The van der Waals surface area contributed by atoms with Gasteiger partial charge in [0.25, 0.3) is 0 Å². The minimum atomic E-state index is -0.528. The lowest BCUT2D eigenvalue weighted by molar-refractivity contribution is 0.689. The molecular weight excluding hydrogens is 749 g/mol. The highest BCUT2D eigenvalue weighted by molar-refractivity contribution is 6.04. The van der Waals surface area contributed by atoms with Gasteiger partial charge in [-0.3, -0.25) is 0 Å². The average Bonchev–Trinajstić information content (AvgIpc) is 3.65. The number of hydrogen-bond donors (Lipinski definition) is 0. The van der Waals surface area contributed by atoms with E-state index in [1.54, 1.807) is 0 Å². The zero-order valence-electron chi connectivity index (χ0n) is 34.2. The van der Waals surface area contributed by atoms with Crippen LogP contribution in [0, 0.1) is 0 Å². The molecule has 9 aromatic rings. The second-order valence-electron chi connectivity index (χ2n) is 16.5. The molecule has 1 spiro atoms. The van der Waals surface area contributed by atoms with Crippen LogP contribution >= 0.6 is 0 Å². The Balaban J connectivity index is 1.17. The Kier molecular flexibility index (Phi) is 8.57. The number of anilines is 3. The molecule has 2 heterocycles. The van der Waals surface area contributed by atoms with E-state index in [4.69, 9.17) is 4.98 Å². The maximum Gasteiger partial charge on any atom is 0.0722 e. The molecule has 292 valence electrons. The fourth-order valence-corrected chi connectivity index (χ4v) is 10.7. The minimum Gasteiger partial charge on any atom is -0.310 e. The van der Waals surface area contributed by atoms with E-state index in [0.717, 1.165) is 46.6 Å². The predicted octanol–water partition coefficient (Wildman–Crippen LogP) is 15.5. The van der Waals surface area contributed by atoms with Crippen molar-refractivity contribution >= 4 is 28.2 Å². The first kappa shape index (κ1) is 36.1. The van der Waals surface area contributed by atoms with E-state index in [9.17, 15) is 0 Å². The maximum absolute atomic E-state index is 5.57. The minimum absolute atomic E-state index is 0.528. The predicted molar refractivity (Wildman–Crippen MR) is 258 cm³/mol. The summed E-state index contributed by atoms with van der Waals surface area (Å²) in [5.74, 6) is 0. The summed E-state index contributed by atoms with van der Waals surface area (Å²) in [6.45, 7) is 0. The van der Waals surface area contributed by atoms with Crippen molar-refractivity contribution in [1.82, 2.24) is 4.98 Å². The van der Waals surface area contributed by atoms with Gasteiger partial charge in [-0.1, -0.05) is 194 Å². The van der Waals surface area contributed by atoms with Gasteiger partial charge in [0.15, 0.2) is 0 Å². The second kappa shape index (κ2) is 14.7. The lowest BCUT2D eigenvalue weighted by atomic mass is 9.62. The highest BCUT2D eigenvalue weighted by atomic mass is 15.2. The zero-order valence-corrected chi connectivity index (χ0v) is 34.2. The van der Waals surface area contributed by atoms with Crippen molar-refractivity contribution in [3.05, 3.63) is 264 Å². The molecule has 0 atom stereocenters. The first-order valence-electron chi connectivity index (χ1n) is 21.7. The number of allylic oxidation sites excluding steroid dienone is 4. The van der Waals surface area contributed by atoms with Gasteiger partial charge in [-0.25, -0.2) is 4.98 Å². The largest absolute Gasteiger partial charge is 0.310 e. The van der Waals surface area contributed by atoms with Gasteiger partial charge in [-0.2, -0.15) is 0 Å². The molecule has 12 rings (SSSR count). The van der Waals surface area contributed by atoms with Crippen LogP contribution in [0.25, 0.3) is 55.9 Å². The zero-order chi connectivity index (χ0) is 41.0. The Morgan fingerprint density at radius 1 is 0.387 bits per heavy atom. The van der Waals surface area contributed by atoms with Crippen LogP contribution in [0.3, 0.4) is 0 Å². The van der Waals surface area contributed by atoms with Crippen molar-refractivity contribution in [2.24, 2.45) is 0 Å². The molecule has 8 aromatic carbocycles. The molecule has 2 aliphatic carbocycles. The van der Waals surface area contributed by atoms with Crippen molar-refractivity contribution in [2.75, 3.05) is 4.90 Å². The number of nitrogens with zero attached hydrogens (tertiary/aromatic N) is 2. The third-order valence-corrected chi connectivity index (χ3v) is 13.2. The summed E-state index contributed by atoms with van der Waals surface area (Å²) in [5.41, 5.74) is 22.7. The number of para-hydroxylation sites is 3. The average molecular weight is 791 g/mol. The number of benzene rings is 8. The molecule has 0 N–H and O–H groups in total. The summed E-state index contributed by atoms with van der Waals surface area (Å²) in [6, 6.07) is 81.8. The van der Waals surface area contributed by atoms with Gasteiger partial charge >= 0.3 is 0 Å². The topological polar surface area (TPSA) is 16.1 Å². The van der Waals surface area contributed by atoms with Gasteiger partial charge in [0.05, 0.1) is 28.2 Å². The van der Waals surface area contributed by atoms with Crippen molar-refractivity contribution in [3.8, 4) is 44.8 Å². The Morgan fingerprint density at radius 3 is 1.58 bits per heavy atom.